The number of benzene rings is 1. The topological polar surface area (TPSA) is 56.2 Å². The van der Waals surface area contributed by atoms with Gasteiger partial charge in [0.1, 0.15) is 11.6 Å². The Morgan fingerprint density at radius 2 is 2.36 bits per heavy atom. The molecule has 0 spiro atoms. The largest absolute Gasteiger partial charge is 0.381 e. The third kappa shape index (κ3) is 3.28. The van der Waals surface area contributed by atoms with Crippen LogP contribution in [0.3, 0.4) is 0 Å². The molecule has 2 heterocycles. The van der Waals surface area contributed by atoms with E-state index in [0.717, 1.165) is 19.1 Å². The number of ether oxygens (including phenoxy) is 1. The van der Waals surface area contributed by atoms with Gasteiger partial charge in [0.25, 0.3) is 5.91 Å². The second-order valence-electron chi connectivity index (χ2n) is 5.21. The summed E-state index contributed by atoms with van der Waals surface area (Å²) in [6.07, 6.45) is 2.57. The van der Waals surface area contributed by atoms with Gasteiger partial charge in [-0.1, -0.05) is 11.6 Å². The van der Waals surface area contributed by atoms with Gasteiger partial charge in [0, 0.05) is 30.2 Å². The van der Waals surface area contributed by atoms with Crippen molar-refractivity contribution in [2.75, 3.05) is 18.5 Å². The summed E-state index contributed by atoms with van der Waals surface area (Å²) in [5.74, 6) is -0.270. The molecular formula is C15H15ClFN3O2. The van der Waals surface area contributed by atoms with Crippen molar-refractivity contribution in [1.82, 2.24) is 9.78 Å². The maximum atomic E-state index is 13.8. The quantitative estimate of drug-likeness (QED) is 0.941. The summed E-state index contributed by atoms with van der Waals surface area (Å²) in [5, 5.41) is 7.12. The maximum absolute atomic E-state index is 13.8. The smallest absolute Gasteiger partial charge is 0.259 e. The number of aromatic nitrogens is 2. The lowest BCUT2D eigenvalue weighted by molar-refractivity contribution is 0.102. The molecule has 0 aliphatic carbocycles. The predicted octanol–water partition coefficient (Wildman–Crippen LogP) is 2.96. The van der Waals surface area contributed by atoms with Crippen molar-refractivity contribution < 1.29 is 13.9 Å². The van der Waals surface area contributed by atoms with Gasteiger partial charge in [-0.05, 0) is 24.6 Å². The number of rotatable bonds is 4. The molecule has 1 aromatic carbocycles. The Morgan fingerprint density at radius 3 is 3.09 bits per heavy atom. The number of halogens is 2. The predicted molar refractivity (Wildman–Crippen MR) is 80.5 cm³/mol. The van der Waals surface area contributed by atoms with Gasteiger partial charge in [0.2, 0.25) is 0 Å². The highest BCUT2D eigenvalue weighted by molar-refractivity contribution is 6.30. The summed E-state index contributed by atoms with van der Waals surface area (Å²) in [6, 6.07) is 5.64. The number of anilines is 1. The van der Waals surface area contributed by atoms with Gasteiger partial charge in [0.05, 0.1) is 18.4 Å². The Hall–Kier alpha value is -1.92. The van der Waals surface area contributed by atoms with Gasteiger partial charge in [-0.15, -0.1) is 0 Å². The Balaban J connectivity index is 1.72. The van der Waals surface area contributed by atoms with E-state index in [1.807, 2.05) is 0 Å². The van der Waals surface area contributed by atoms with Crippen molar-refractivity contribution in [1.29, 1.82) is 0 Å². The first kappa shape index (κ1) is 15.0. The number of hydrogen-bond donors (Lipinski definition) is 1. The van der Waals surface area contributed by atoms with Gasteiger partial charge in [-0.2, -0.15) is 5.10 Å². The zero-order valence-corrected chi connectivity index (χ0v) is 12.5. The van der Waals surface area contributed by atoms with Crippen molar-refractivity contribution in [2.45, 2.75) is 13.0 Å². The van der Waals surface area contributed by atoms with Gasteiger partial charge in [-0.25, -0.2) is 9.07 Å². The lowest BCUT2D eigenvalue weighted by Crippen LogP contribution is -2.19. The molecular weight excluding hydrogens is 309 g/mol. The highest BCUT2D eigenvalue weighted by Gasteiger charge is 2.19. The number of nitrogens with one attached hydrogen (secondary N) is 1. The molecule has 5 nitrogen and oxygen atoms in total. The minimum atomic E-state index is -0.653. The molecule has 1 aliphatic rings. The normalized spacial score (nSPS) is 17.6. The van der Waals surface area contributed by atoms with E-state index >= 15 is 0 Å². The molecule has 2 aromatic rings. The van der Waals surface area contributed by atoms with Crippen molar-refractivity contribution >= 4 is 23.3 Å². The molecule has 1 aromatic heterocycles. The standard InChI is InChI=1S/C15H15ClFN3O2/c16-11-1-2-12(13(17)7-11)15(21)19-14-3-5-18-20(14)8-10-4-6-22-9-10/h1-3,5,7,10H,4,6,8-9H2,(H,19,21)/t10-/m1/s1. The van der Waals surface area contributed by atoms with E-state index in [1.54, 1.807) is 16.9 Å². The summed E-state index contributed by atoms with van der Waals surface area (Å²) in [5.41, 5.74) is -0.0543. The van der Waals surface area contributed by atoms with E-state index < -0.39 is 11.7 Å². The number of carbonyl (C=O) groups is 1. The maximum Gasteiger partial charge on any atom is 0.259 e. The van der Waals surface area contributed by atoms with Crippen LogP contribution < -0.4 is 5.32 Å². The van der Waals surface area contributed by atoms with E-state index in [0.29, 0.717) is 24.9 Å². The van der Waals surface area contributed by atoms with Crippen LogP contribution in [0.1, 0.15) is 16.8 Å². The molecule has 1 saturated heterocycles. The van der Waals surface area contributed by atoms with Crippen LogP contribution in [0.2, 0.25) is 5.02 Å². The van der Waals surface area contributed by atoms with Crippen LogP contribution in [-0.4, -0.2) is 28.9 Å². The van der Waals surface area contributed by atoms with Crippen molar-refractivity contribution in [3.8, 4) is 0 Å². The molecule has 3 rings (SSSR count). The molecule has 116 valence electrons. The fraction of sp³-hybridized carbons (Fsp3) is 0.333. The molecule has 1 amide bonds. The van der Waals surface area contributed by atoms with Gasteiger partial charge < -0.3 is 10.1 Å². The molecule has 1 atom stereocenters. The SMILES string of the molecule is O=C(Nc1ccnn1C[C@H]1CCOC1)c1ccc(Cl)cc1F. The number of nitrogens with zero attached hydrogens (tertiary/aromatic N) is 2. The zero-order valence-electron chi connectivity index (χ0n) is 11.8. The first-order valence-corrected chi connectivity index (χ1v) is 7.37. The van der Waals surface area contributed by atoms with Crippen LogP contribution in [0.5, 0.6) is 0 Å². The minimum absolute atomic E-state index is 0.0543. The molecule has 7 heteroatoms. The molecule has 1 fully saturated rings. The number of carbonyl (C=O) groups excluding carboxylic acids is 1. The van der Waals surface area contributed by atoms with E-state index in [2.05, 4.69) is 10.4 Å². The summed E-state index contributed by atoms with van der Waals surface area (Å²) >= 11 is 5.69. The van der Waals surface area contributed by atoms with Crippen molar-refractivity contribution in [2.24, 2.45) is 5.92 Å². The highest BCUT2D eigenvalue weighted by atomic mass is 35.5. The second-order valence-corrected chi connectivity index (χ2v) is 5.64. The fourth-order valence-electron chi connectivity index (χ4n) is 2.41. The zero-order chi connectivity index (χ0) is 15.5. The molecule has 1 aliphatic heterocycles. The third-order valence-corrected chi connectivity index (χ3v) is 3.82. The second kappa shape index (κ2) is 6.46. The van der Waals surface area contributed by atoms with Crippen LogP contribution in [0.15, 0.2) is 30.5 Å². The summed E-state index contributed by atoms with van der Waals surface area (Å²) in [6.45, 7) is 2.11. The van der Waals surface area contributed by atoms with E-state index in [-0.39, 0.29) is 10.6 Å². The molecule has 0 bridgehead atoms. The molecule has 0 unspecified atom stereocenters. The number of amides is 1. The Labute approximate surface area is 132 Å². The Kier molecular flexibility index (Phi) is 4.40. The van der Waals surface area contributed by atoms with Crippen LogP contribution >= 0.6 is 11.6 Å². The summed E-state index contributed by atoms with van der Waals surface area (Å²) in [4.78, 5) is 12.2. The molecule has 0 radical (unpaired) electrons. The van der Waals surface area contributed by atoms with E-state index in [4.69, 9.17) is 16.3 Å². The van der Waals surface area contributed by atoms with Crippen molar-refractivity contribution in [3.05, 3.63) is 46.9 Å². The molecule has 0 saturated carbocycles. The van der Waals surface area contributed by atoms with Crippen LogP contribution in [0.4, 0.5) is 10.2 Å². The van der Waals surface area contributed by atoms with E-state index in [1.165, 1.54) is 12.1 Å². The lowest BCUT2D eigenvalue weighted by Gasteiger charge is -2.12. The average molecular weight is 324 g/mol. The lowest BCUT2D eigenvalue weighted by atomic mass is 10.1. The van der Waals surface area contributed by atoms with Crippen LogP contribution in [0.25, 0.3) is 0 Å². The van der Waals surface area contributed by atoms with Crippen LogP contribution in [-0.2, 0) is 11.3 Å². The van der Waals surface area contributed by atoms with Crippen molar-refractivity contribution in [3.63, 3.8) is 0 Å². The summed E-state index contributed by atoms with van der Waals surface area (Å²) < 4.78 is 20.8. The average Bonchev–Trinajstić information content (AvgIpc) is 3.12. The van der Waals surface area contributed by atoms with Gasteiger partial charge in [0.15, 0.2) is 0 Å². The fourth-order valence-corrected chi connectivity index (χ4v) is 2.57. The molecule has 1 N–H and O–H groups in total. The Morgan fingerprint density at radius 1 is 1.50 bits per heavy atom. The van der Waals surface area contributed by atoms with Crippen LogP contribution in [0, 0.1) is 11.7 Å². The monoisotopic (exact) mass is 323 g/mol. The number of hydrogen-bond acceptors (Lipinski definition) is 3. The first-order chi connectivity index (χ1) is 10.6. The summed E-state index contributed by atoms with van der Waals surface area (Å²) in [7, 11) is 0. The third-order valence-electron chi connectivity index (χ3n) is 3.59. The highest BCUT2D eigenvalue weighted by Crippen LogP contribution is 2.19. The Bertz CT molecular complexity index is 683. The minimum Gasteiger partial charge on any atom is -0.381 e. The van der Waals surface area contributed by atoms with Gasteiger partial charge in [-0.3, -0.25) is 4.79 Å². The van der Waals surface area contributed by atoms with E-state index in [9.17, 15) is 9.18 Å². The first-order valence-electron chi connectivity index (χ1n) is 6.99. The molecule has 22 heavy (non-hydrogen) atoms. The van der Waals surface area contributed by atoms with Gasteiger partial charge >= 0.3 is 0 Å².